The summed E-state index contributed by atoms with van der Waals surface area (Å²) < 4.78 is 23.8. The second-order valence-corrected chi connectivity index (χ2v) is 8.88. The van der Waals surface area contributed by atoms with Crippen molar-refractivity contribution in [3.05, 3.63) is 84.2 Å². The topological polar surface area (TPSA) is 80.2 Å². The number of amides is 2. The van der Waals surface area contributed by atoms with Crippen molar-refractivity contribution in [2.75, 3.05) is 19.5 Å². The van der Waals surface area contributed by atoms with E-state index in [4.69, 9.17) is 9.47 Å². The number of thioether (sulfide) groups is 1. The number of carbonyl (C=O) groups is 2. The number of ether oxygens (including phenoxy) is 2. The third-order valence-electron chi connectivity index (χ3n) is 5.29. The molecule has 1 aliphatic heterocycles. The van der Waals surface area contributed by atoms with Crippen molar-refractivity contribution in [2.45, 2.75) is 18.2 Å². The van der Waals surface area contributed by atoms with Gasteiger partial charge in [-0.25, -0.2) is 9.38 Å². The molecule has 1 unspecified atom stereocenters. The Kier molecular flexibility index (Phi) is 7.67. The molecule has 0 bridgehead atoms. The van der Waals surface area contributed by atoms with E-state index >= 15 is 0 Å². The van der Waals surface area contributed by atoms with Gasteiger partial charge in [0.1, 0.15) is 11.1 Å². The summed E-state index contributed by atoms with van der Waals surface area (Å²) in [5.74, 6) is 0.144. The molecule has 9 heteroatoms. The van der Waals surface area contributed by atoms with E-state index in [9.17, 15) is 14.0 Å². The highest BCUT2D eigenvalue weighted by Crippen LogP contribution is 2.34. The number of para-hydroxylation sites is 1. The molecule has 35 heavy (non-hydrogen) atoms. The van der Waals surface area contributed by atoms with Gasteiger partial charge in [-0.3, -0.25) is 14.5 Å². The normalized spacial score (nSPS) is 16.4. The van der Waals surface area contributed by atoms with Crippen LogP contribution in [0.3, 0.4) is 0 Å². The zero-order valence-corrected chi connectivity index (χ0v) is 20.0. The first-order valence-electron chi connectivity index (χ1n) is 10.8. The number of halogens is 1. The van der Waals surface area contributed by atoms with Crippen molar-refractivity contribution in [1.29, 1.82) is 0 Å². The first-order chi connectivity index (χ1) is 17.0. The number of aliphatic imine (C=N–C) groups is 1. The summed E-state index contributed by atoms with van der Waals surface area (Å²) in [6.07, 6.45) is -0.0361. The van der Waals surface area contributed by atoms with Gasteiger partial charge in [0, 0.05) is 18.2 Å². The molecular formula is C26H24FN3O4S. The summed E-state index contributed by atoms with van der Waals surface area (Å²) in [7, 11) is 3.05. The van der Waals surface area contributed by atoms with E-state index in [-0.39, 0.29) is 30.6 Å². The Morgan fingerprint density at radius 3 is 2.43 bits per heavy atom. The molecular weight excluding hydrogens is 469 g/mol. The predicted octanol–water partition coefficient (Wildman–Crippen LogP) is 5.00. The average molecular weight is 494 g/mol. The molecule has 3 aromatic rings. The Labute approximate surface area is 207 Å². The number of benzene rings is 3. The van der Waals surface area contributed by atoms with Crippen LogP contribution in [0.5, 0.6) is 11.5 Å². The molecule has 1 saturated heterocycles. The second-order valence-electron chi connectivity index (χ2n) is 7.71. The Morgan fingerprint density at radius 1 is 1.03 bits per heavy atom. The van der Waals surface area contributed by atoms with Crippen molar-refractivity contribution in [1.82, 2.24) is 4.90 Å². The molecule has 3 aromatic carbocycles. The van der Waals surface area contributed by atoms with Crippen molar-refractivity contribution in [3.8, 4) is 11.5 Å². The minimum absolute atomic E-state index is 0.0361. The monoisotopic (exact) mass is 493 g/mol. The van der Waals surface area contributed by atoms with Crippen LogP contribution in [0.2, 0.25) is 0 Å². The third kappa shape index (κ3) is 5.99. The molecule has 2 amide bonds. The molecule has 1 heterocycles. The van der Waals surface area contributed by atoms with Crippen LogP contribution in [0, 0.1) is 5.82 Å². The van der Waals surface area contributed by atoms with E-state index in [1.807, 2.05) is 30.3 Å². The van der Waals surface area contributed by atoms with Gasteiger partial charge in [-0.1, -0.05) is 42.1 Å². The third-order valence-corrected chi connectivity index (χ3v) is 6.47. The predicted molar refractivity (Wildman–Crippen MR) is 135 cm³/mol. The number of nitrogens with zero attached hydrogens (tertiary/aromatic N) is 2. The Morgan fingerprint density at radius 2 is 1.74 bits per heavy atom. The van der Waals surface area contributed by atoms with E-state index < -0.39 is 5.25 Å². The number of carbonyl (C=O) groups excluding carboxylic acids is 2. The first kappa shape index (κ1) is 24.3. The molecule has 0 aliphatic carbocycles. The van der Waals surface area contributed by atoms with Gasteiger partial charge in [-0.05, 0) is 42.0 Å². The highest BCUT2D eigenvalue weighted by Gasteiger charge is 2.39. The van der Waals surface area contributed by atoms with Gasteiger partial charge in [0.2, 0.25) is 11.8 Å². The zero-order valence-electron chi connectivity index (χ0n) is 19.2. The van der Waals surface area contributed by atoms with E-state index in [0.29, 0.717) is 28.0 Å². The molecule has 1 atom stereocenters. The standard InChI is InChI=1S/C26H24FN3O4S/c1-33-21-13-12-20(14-22(21)34-2)28-24(31)15-23-25(32)30(16-17-8-10-18(27)11-9-17)26(35-23)29-19-6-4-3-5-7-19/h3-14,23H,15-16H2,1-2H3,(H,28,31). The zero-order chi connectivity index (χ0) is 24.8. The van der Waals surface area contributed by atoms with Crippen LogP contribution in [-0.4, -0.2) is 41.4 Å². The van der Waals surface area contributed by atoms with Gasteiger partial charge in [-0.15, -0.1) is 0 Å². The molecule has 4 rings (SSSR count). The number of hydrogen-bond donors (Lipinski definition) is 1. The summed E-state index contributed by atoms with van der Waals surface area (Å²) in [6, 6.07) is 20.3. The fourth-order valence-corrected chi connectivity index (χ4v) is 4.71. The lowest BCUT2D eigenvalue weighted by Gasteiger charge is -2.16. The lowest BCUT2D eigenvalue weighted by molar-refractivity contribution is -0.128. The summed E-state index contributed by atoms with van der Waals surface area (Å²) in [5, 5.41) is 2.66. The van der Waals surface area contributed by atoms with Crippen molar-refractivity contribution in [2.24, 2.45) is 4.99 Å². The van der Waals surface area contributed by atoms with Crippen LogP contribution in [0.25, 0.3) is 0 Å². The minimum atomic E-state index is -0.641. The lowest BCUT2D eigenvalue weighted by Crippen LogP contribution is -2.33. The number of anilines is 1. The number of hydrogen-bond acceptors (Lipinski definition) is 6. The van der Waals surface area contributed by atoms with E-state index in [1.54, 1.807) is 35.2 Å². The molecule has 1 aliphatic rings. The van der Waals surface area contributed by atoms with Crippen LogP contribution in [0.15, 0.2) is 77.8 Å². The van der Waals surface area contributed by atoms with Crippen LogP contribution in [0.1, 0.15) is 12.0 Å². The Balaban J connectivity index is 1.51. The summed E-state index contributed by atoms with van der Waals surface area (Å²) >= 11 is 1.24. The SMILES string of the molecule is COc1ccc(NC(=O)CC2SC(=Nc3ccccc3)N(Cc3ccc(F)cc3)C2=O)cc1OC. The molecule has 1 N–H and O–H groups in total. The molecule has 7 nitrogen and oxygen atoms in total. The number of amidine groups is 1. The number of nitrogens with one attached hydrogen (secondary N) is 1. The van der Waals surface area contributed by atoms with Gasteiger partial charge < -0.3 is 14.8 Å². The molecule has 0 radical (unpaired) electrons. The van der Waals surface area contributed by atoms with Crippen molar-refractivity contribution in [3.63, 3.8) is 0 Å². The molecule has 0 saturated carbocycles. The van der Waals surface area contributed by atoms with E-state index in [0.717, 1.165) is 5.56 Å². The largest absolute Gasteiger partial charge is 0.493 e. The fourth-order valence-electron chi connectivity index (χ4n) is 3.55. The highest BCUT2D eigenvalue weighted by atomic mass is 32.2. The van der Waals surface area contributed by atoms with Gasteiger partial charge >= 0.3 is 0 Å². The van der Waals surface area contributed by atoms with E-state index in [2.05, 4.69) is 10.3 Å². The average Bonchev–Trinajstić information content (AvgIpc) is 3.14. The number of methoxy groups -OCH3 is 2. The molecule has 180 valence electrons. The summed E-state index contributed by atoms with van der Waals surface area (Å²) in [6.45, 7) is 0.228. The van der Waals surface area contributed by atoms with Crippen LogP contribution in [0.4, 0.5) is 15.8 Å². The van der Waals surface area contributed by atoms with E-state index in [1.165, 1.54) is 38.1 Å². The second kappa shape index (κ2) is 11.1. The maximum atomic E-state index is 13.3. The van der Waals surface area contributed by atoms with Crippen molar-refractivity contribution >= 4 is 40.1 Å². The molecule has 0 aromatic heterocycles. The Bertz CT molecular complexity index is 1240. The van der Waals surface area contributed by atoms with Crippen LogP contribution < -0.4 is 14.8 Å². The van der Waals surface area contributed by atoms with Crippen LogP contribution in [-0.2, 0) is 16.1 Å². The van der Waals surface area contributed by atoms with Gasteiger partial charge in [0.05, 0.1) is 26.5 Å². The Hall–Kier alpha value is -3.85. The lowest BCUT2D eigenvalue weighted by atomic mass is 10.2. The van der Waals surface area contributed by atoms with Crippen molar-refractivity contribution < 1.29 is 23.5 Å². The van der Waals surface area contributed by atoms with Gasteiger partial charge in [0.25, 0.3) is 0 Å². The van der Waals surface area contributed by atoms with Gasteiger partial charge in [0.15, 0.2) is 16.7 Å². The smallest absolute Gasteiger partial charge is 0.242 e. The molecule has 1 fully saturated rings. The van der Waals surface area contributed by atoms with Crippen LogP contribution >= 0.6 is 11.8 Å². The maximum Gasteiger partial charge on any atom is 0.242 e. The number of rotatable bonds is 8. The minimum Gasteiger partial charge on any atom is -0.493 e. The summed E-state index contributed by atoms with van der Waals surface area (Å²) in [5.41, 5.74) is 1.99. The molecule has 0 spiro atoms. The van der Waals surface area contributed by atoms with Gasteiger partial charge in [-0.2, -0.15) is 0 Å². The summed E-state index contributed by atoms with van der Waals surface area (Å²) in [4.78, 5) is 32.2. The quantitative estimate of drug-likeness (QED) is 0.478. The maximum absolute atomic E-state index is 13.3. The highest BCUT2D eigenvalue weighted by molar-refractivity contribution is 8.15. The first-order valence-corrected chi connectivity index (χ1v) is 11.7. The fraction of sp³-hybridized carbons (Fsp3) is 0.192.